The number of hydrogen-bond acceptors (Lipinski definition) is 1. The number of ketones is 1. The molecule has 11 heavy (non-hydrogen) atoms. The summed E-state index contributed by atoms with van der Waals surface area (Å²) >= 11 is 0. The lowest BCUT2D eigenvalue weighted by molar-refractivity contribution is -0.118. The first-order valence-corrected chi connectivity index (χ1v) is 4.72. The van der Waals surface area contributed by atoms with Gasteiger partial charge < -0.3 is 0 Å². The number of hydrogen-bond donors (Lipinski definition) is 0. The lowest BCUT2D eigenvalue weighted by Crippen LogP contribution is -2.07. The van der Waals surface area contributed by atoms with E-state index in [9.17, 15) is 4.79 Å². The van der Waals surface area contributed by atoms with Gasteiger partial charge in [-0.05, 0) is 31.1 Å². The highest BCUT2D eigenvalue weighted by atomic mass is 16.1. The predicted molar refractivity (Wildman–Crippen MR) is 46.4 cm³/mol. The number of carbonyl (C=O) groups is 1. The van der Waals surface area contributed by atoms with Gasteiger partial charge in [0.2, 0.25) is 0 Å². The van der Waals surface area contributed by atoms with Gasteiger partial charge in [-0.25, -0.2) is 0 Å². The second-order valence-corrected chi connectivity index (χ2v) is 3.97. The van der Waals surface area contributed by atoms with Crippen LogP contribution in [-0.2, 0) is 4.79 Å². The molecule has 0 radical (unpaired) electrons. The van der Waals surface area contributed by atoms with Crippen molar-refractivity contribution in [2.24, 2.45) is 11.8 Å². The van der Waals surface area contributed by atoms with Crippen molar-refractivity contribution >= 4 is 5.78 Å². The third-order valence-corrected chi connectivity index (χ3v) is 2.77. The molecule has 1 fully saturated rings. The molecule has 0 amide bonds. The van der Waals surface area contributed by atoms with Crippen molar-refractivity contribution in [3.8, 4) is 0 Å². The van der Waals surface area contributed by atoms with Gasteiger partial charge in [0.15, 0.2) is 0 Å². The molecule has 1 nitrogen and oxygen atoms in total. The molecule has 0 aliphatic heterocycles. The highest BCUT2D eigenvalue weighted by Gasteiger charge is 2.18. The number of carbonyl (C=O) groups excluding carboxylic acids is 1. The van der Waals surface area contributed by atoms with Gasteiger partial charge in [-0.1, -0.05) is 13.8 Å². The van der Waals surface area contributed by atoms with Gasteiger partial charge in [0.1, 0.15) is 5.78 Å². The molecule has 0 unspecified atom stereocenters. The van der Waals surface area contributed by atoms with Crippen LogP contribution in [-0.4, -0.2) is 5.78 Å². The third-order valence-electron chi connectivity index (χ3n) is 2.77. The van der Waals surface area contributed by atoms with Crippen LogP contribution < -0.4 is 0 Å². The van der Waals surface area contributed by atoms with Gasteiger partial charge in [0.25, 0.3) is 0 Å². The Bertz CT molecular complexity index is 138. The summed E-state index contributed by atoms with van der Waals surface area (Å²) in [5.41, 5.74) is 0. The minimum atomic E-state index is 0.480. The minimum absolute atomic E-state index is 0.480. The summed E-state index contributed by atoms with van der Waals surface area (Å²) in [6.07, 6.45) is 5.20. The van der Waals surface area contributed by atoms with Crippen molar-refractivity contribution in [3.05, 3.63) is 0 Å². The molecule has 1 atom stereocenters. The molecule has 1 aliphatic rings. The van der Waals surface area contributed by atoms with Crippen molar-refractivity contribution in [3.63, 3.8) is 0 Å². The molecule has 1 heteroatoms. The van der Waals surface area contributed by atoms with Crippen LogP contribution in [0.15, 0.2) is 0 Å². The van der Waals surface area contributed by atoms with Gasteiger partial charge in [-0.15, -0.1) is 0 Å². The van der Waals surface area contributed by atoms with E-state index in [4.69, 9.17) is 0 Å². The van der Waals surface area contributed by atoms with Gasteiger partial charge >= 0.3 is 0 Å². The standard InChI is InChI=1S/C10H18O/c1-8(2)9-4-3-5-10(11)7-6-9/h8-9H,3-7H2,1-2H3/t9-/m1/s1. The lowest BCUT2D eigenvalue weighted by Gasteiger charge is -2.16. The fourth-order valence-corrected chi connectivity index (χ4v) is 1.84. The Morgan fingerprint density at radius 3 is 2.64 bits per heavy atom. The highest BCUT2D eigenvalue weighted by molar-refractivity contribution is 5.78. The Balaban J connectivity index is 2.40. The molecule has 1 aliphatic carbocycles. The fraction of sp³-hybridized carbons (Fsp3) is 0.900. The number of rotatable bonds is 1. The zero-order valence-electron chi connectivity index (χ0n) is 7.60. The maximum atomic E-state index is 11.1. The molecule has 0 saturated heterocycles. The Labute approximate surface area is 69.2 Å². The van der Waals surface area contributed by atoms with Crippen molar-refractivity contribution in [2.45, 2.75) is 46.0 Å². The Hall–Kier alpha value is -0.330. The summed E-state index contributed by atoms with van der Waals surface area (Å²) in [7, 11) is 0. The predicted octanol–water partition coefficient (Wildman–Crippen LogP) is 2.79. The average molecular weight is 154 g/mol. The third kappa shape index (κ3) is 2.64. The Morgan fingerprint density at radius 2 is 2.00 bits per heavy atom. The molecule has 64 valence electrons. The van der Waals surface area contributed by atoms with E-state index in [1.54, 1.807) is 0 Å². The minimum Gasteiger partial charge on any atom is -0.300 e. The first kappa shape index (κ1) is 8.76. The molecule has 0 aromatic heterocycles. The van der Waals surface area contributed by atoms with Crippen molar-refractivity contribution < 1.29 is 4.79 Å². The van der Waals surface area contributed by atoms with E-state index in [-0.39, 0.29) is 0 Å². The van der Waals surface area contributed by atoms with E-state index < -0.39 is 0 Å². The Kier molecular flexibility index (Phi) is 3.10. The van der Waals surface area contributed by atoms with Gasteiger partial charge in [0.05, 0.1) is 0 Å². The van der Waals surface area contributed by atoms with Crippen LogP contribution in [0, 0.1) is 11.8 Å². The van der Waals surface area contributed by atoms with E-state index in [1.165, 1.54) is 6.42 Å². The molecular weight excluding hydrogens is 136 g/mol. The summed E-state index contributed by atoms with van der Waals surface area (Å²) in [4.78, 5) is 11.1. The molecule has 1 rings (SSSR count). The van der Waals surface area contributed by atoms with E-state index >= 15 is 0 Å². The highest BCUT2D eigenvalue weighted by Crippen LogP contribution is 2.26. The monoisotopic (exact) mass is 154 g/mol. The van der Waals surface area contributed by atoms with Gasteiger partial charge in [-0.2, -0.15) is 0 Å². The average Bonchev–Trinajstić information content (AvgIpc) is 2.13. The second-order valence-electron chi connectivity index (χ2n) is 3.97. The lowest BCUT2D eigenvalue weighted by atomic mass is 9.89. The SMILES string of the molecule is CC(C)[C@@H]1CCCC(=O)CC1. The summed E-state index contributed by atoms with van der Waals surface area (Å²) in [6, 6.07) is 0. The van der Waals surface area contributed by atoms with Gasteiger partial charge in [-0.3, -0.25) is 4.79 Å². The molecule has 0 aromatic carbocycles. The molecule has 0 bridgehead atoms. The van der Waals surface area contributed by atoms with E-state index in [2.05, 4.69) is 13.8 Å². The molecule has 0 aromatic rings. The molecule has 0 spiro atoms. The topological polar surface area (TPSA) is 17.1 Å². The molecular formula is C10H18O. The summed E-state index contributed by atoms with van der Waals surface area (Å²) in [5, 5.41) is 0. The van der Waals surface area contributed by atoms with Crippen LogP contribution in [0.1, 0.15) is 46.0 Å². The zero-order chi connectivity index (χ0) is 8.27. The molecule has 0 N–H and O–H groups in total. The first-order chi connectivity index (χ1) is 5.20. The normalized spacial score (nSPS) is 27.2. The van der Waals surface area contributed by atoms with Crippen molar-refractivity contribution in [2.75, 3.05) is 0 Å². The maximum absolute atomic E-state index is 11.1. The molecule has 1 saturated carbocycles. The number of Topliss-reactive ketones (excluding diaryl/α,β-unsaturated/α-hetero) is 1. The smallest absolute Gasteiger partial charge is 0.132 e. The van der Waals surface area contributed by atoms with Crippen LogP contribution >= 0.6 is 0 Å². The maximum Gasteiger partial charge on any atom is 0.132 e. The van der Waals surface area contributed by atoms with Crippen LogP contribution in [0.5, 0.6) is 0 Å². The van der Waals surface area contributed by atoms with Crippen LogP contribution in [0.3, 0.4) is 0 Å². The summed E-state index contributed by atoms with van der Waals surface area (Å²) in [5.74, 6) is 2.05. The van der Waals surface area contributed by atoms with Crippen LogP contribution in [0.4, 0.5) is 0 Å². The van der Waals surface area contributed by atoms with Crippen LogP contribution in [0.25, 0.3) is 0 Å². The first-order valence-electron chi connectivity index (χ1n) is 4.72. The fourth-order valence-electron chi connectivity index (χ4n) is 1.84. The quantitative estimate of drug-likeness (QED) is 0.531. The van der Waals surface area contributed by atoms with E-state index in [0.717, 1.165) is 37.5 Å². The Morgan fingerprint density at radius 1 is 1.27 bits per heavy atom. The molecule has 0 heterocycles. The van der Waals surface area contributed by atoms with Crippen molar-refractivity contribution in [1.29, 1.82) is 0 Å². The summed E-state index contributed by atoms with van der Waals surface area (Å²) in [6.45, 7) is 4.53. The second kappa shape index (κ2) is 3.89. The van der Waals surface area contributed by atoms with Gasteiger partial charge in [0, 0.05) is 12.8 Å². The van der Waals surface area contributed by atoms with Crippen molar-refractivity contribution in [1.82, 2.24) is 0 Å². The summed E-state index contributed by atoms with van der Waals surface area (Å²) < 4.78 is 0. The van der Waals surface area contributed by atoms with Crippen LogP contribution in [0.2, 0.25) is 0 Å². The van der Waals surface area contributed by atoms with E-state index in [0.29, 0.717) is 5.78 Å². The largest absolute Gasteiger partial charge is 0.300 e. The zero-order valence-corrected chi connectivity index (χ0v) is 7.60. The van der Waals surface area contributed by atoms with E-state index in [1.807, 2.05) is 0 Å².